The van der Waals surface area contributed by atoms with Gasteiger partial charge in [-0.2, -0.15) is 0 Å². The molecule has 30 heavy (non-hydrogen) atoms. The zero-order valence-corrected chi connectivity index (χ0v) is 17.7. The molecule has 0 aliphatic rings. The van der Waals surface area contributed by atoms with E-state index in [0.29, 0.717) is 11.6 Å². The fourth-order valence-corrected chi connectivity index (χ4v) is 3.97. The number of anilines is 2. The topological polar surface area (TPSA) is 116 Å². The second kappa shape index (κ2) is 7.51. The fraction of sp³-hybridized carbons (Fsp3) is 0.190. The maximum Gasteiger partial charge on any atom is 0.238 e. The Morgan fingerprint density at radius 1 is 1.13 bits per heavy atom. The Morgan fingerprint density at radius 3 is 2.63 bits per heavy atom. The van der Waals surface area contributed by atoms with Crippen molar-refractivity contribution in [1.82, 2.24) is 19.5 Å². The molecule has 9 heteroatoms. The minimum atomic E-state index is -3.75. The number of benzene rings is 1. The molecule has 0 fully saturated rings. The van der Waals surface area contributed by atoms with E-state index in [0.717, 1.165) is 27.7 Å². The monoisotopic (exact) mass is 422 g/mol. The number of pyridine rings is 1. The number of sulfonamides is 1. The van der Waals surface area contributed by atoms with Crippen LogP contribution in [-0.2, 0) is 10.0 Å². The van der Waals surface area contributed by atoms with E-state index in [9.17, 15) is 8.42 Å². The molecule has 8 nitrogen and oxygen atoms in total. The minimum absolute atomic E-state index is 0.0651. The second-order valence-corrected chi connectivity index (χ2v) is 8.91. The molecular formula is C21H22N6O2S. The number of aromatic nitrogens is 4. The van der Waals surface area contributed by atoms with Crippen LogP contribution in [0.5, 0.6) is 0 Å². The van der Waals surface area contributed by atoms with Crippen molar-refractivity contribution in [2.75, 3.05) is 5.32 Å². The zero-order chi connectivity index (χ0) is 21.5. The summed E-state index contributed by atoms with van der Waals surface area (Å²) in [6.07, 6.45) is 7.40. The molecule has 0 saturated carbocycles. The third-order valence-electron chi connectivity index (χ3n) is 4.90. The number of nitrogens with two attached hydrogens (primary N) is 1. The lowest BCUT2D eigenvalue weighted by molar-refractivity contribution is 0.597. The molecule has 0 amide bonds. The van der Waals surface area contributed by atoms with Crippen LogP contribution in [-0.4, -0.2) is 27.9 Å². The van der Waals surface area contributed by atoms with E-state index in [1.165, 1.54) is 12.1 Å². The summed E-state index contributed by atoms with van der Waals surface area (Å²) in [4.78, 5) is 13.3. The van der Waals surface area contributed by atoms with Crippen molar-refractivity contribution >= 4 is 32.6 Å². The minimum Gasteiger partial charge on any atom is -0.343 e. The first-order chi connectivity index (χ1) is 14.2. The number of rotatable bonds is 5. The van der Waals surface area contributed by atoms with Crippen molar-refractivity contribution in [3.05, 3.63) is 60.7 Å². The molecule has 0 bridgehead atoms. The van der Waals surface area contributed by atoms with Gasteiger partial charge in [0.2, 0.25) is 16.0 Å². The van der Waals surface area contributed by atoms with Gasteiger partial charge in [0, 0.05) is 41.3 Å². The lowest BCUT2D eigenvalue weighted by atomic mass is 10.1. The third kappa shape index (κ3) is 3.77. The predicted molar refractivity (Wildman–Crippen MR) is 117 cm³/mol. The molecule has 0 aliphatic carbocycles. The first kappa shape index (κ1) is 20.0. The van der Waals surface area contributed by atoms with Crippen molar-refractivity contribution in [2.45, 2.75) is 31.7 Å². The van der Waals surface area contributed by atoms with E-state index in [-0.39, 0.29) is 10.9 Å². The van der Waals surface area contributed by atoms with Gasteiger partial charge in [-0.1, -0.05) is 0 Å². The van der Waals surface area contributed by atoms with Crippen molar-refractivity contribution in [2.24, 2.45) is 5.14 Å². The zero-order valence-electron chi connectivity index (χ0n) is 16.9. The van der Waals surface area contributed by atoms with Gasteiger partial charge in [0.05, 0.1) is 22.3 Å². The third-order valence-corrected chi connectivity index (χ3v) is 5.81. The molecule has 3 heterocycles. The van der Waals surface area contributed by atoms with Gasteiger partial charge in [0.15, 0.2) is 0 Å². The smallest absolute Gasteiger partial charge is 0.238 e. The Bertz CT molecular complexity index is 1340. The number of nitrogens with zero attached hydrogens (tertiary/aromatic N) is 4. The molecule has 0 aliphatic heterocycles. The largest absolute Gasteiger partial charge is 0.343 e. The Labute approximate surface area is 174 Å². The van der Waals surface area contributed by atoms with E-state index >= 15 is 0 Å². The van der Waals surface area contributed by atoms with Crippen molar-refractivity contribution in [3.63, 3.8) is 0 Å². The summed E-state index contributed by atoms with van der Waals surface area (Å²) in [7, 11) is -3.75. The molecule has 0 atom stereocenters. The van der Waals surface area contributed by atoms with Gasteiger partial charge >= 0.3 is 0 Å². The fourth-order valence-electron chi connectivity index (χ4n) is 3.37. The van der Waals surface area contributed by atoms with E-state index in [4.69, 9.17) is 5.14 Å². The van der Waals surface area contributed by atoms with Crippen LogP contribution < -0.4 is 10.5 Å². The number of hydrogen-bond donors (Lipinski definition) is 2. The highest BCUT2D eigenvalue weighted by atomic mass is 32.2. The summed E-state index contributed by atoms with van der Waals surface area (Å²) in [6, 6.07) is 8.76. The average Bonchev–Trinajstić information content (AvgIpc) is 3.09. The molecule has 4 rings (SSSR count). The molecule has 3 aromatic heterocycles. The second-order valence-electron chi connectivity index (χ2n) is 7.35. The average molecular weight is 423 g/mol. The van der Waals surface area contributed by atoms with Crippen molar-refractivity contribution in [1.29, 1.82) is 0 Å². The number of primary sulfonamides is 1. The number of aryl methyl sites for hydroxylation is 1. The molecule has 4 aromatic rings. The molecule has 0 spiro atoms. The first-order valence-corrected chi connectivity index (χ1v) is 11.0. The van der Waals surface area contributed by atoms with Crippen molar-refractivity contribution in [3.8, 4) is 11.3 Å². The Hall–Kier alpha value is -3.30. The Balaban J connectivity index is 1.72. The van der Waals surface area contributed by atoms with Crippen LogP contribution in [0.1, 0.15) is 25.5 Å². The number of fused-ring (bicyclic) bond motifs is 1. The van der Waals surface area contributed by atoms with Gasteiger partial charge in [-0.15, -0.1) is 0 Å². The molecule has 0 saturated heterocycles. The van der Waals surface area contributed by atoms with Crippen LogP contribution in [0, 0.1) is 6.92 Å². The number of hydrogen-bond acceptors (Lipinski definition) is 6. The first-order valence-electron chi connectivity index (χ1n) is 9.42. The lowest BCUT2D eigenvalue weighted by Crippen LogP contribution is -2.12. The summed E-state index contributed by atoms with van der Waals surface area (Å²) in [5.74, 6) is 0.415. The van der Waals surface area contributed by atoms with Crippen LogP contribution in [0.4, 0.5) is 11.6 Å². The van der Waals surface area contributed by atoms with Crippen LogP contribution >= 0.6 is 0 Å². The Kier molecular flexibility index (Phi) is 5.00. The van der Waals surface area contributed by atoms with E-state index < -0.39 is 10.0 Å². The molecule has 1 aromatic carbocycles. The standard InChI is InChI=1S/C21H22N6O2S/c1-13(2)27-12-17(16-6-8-23-11-20(16)27)19-7-9-24-21(26-19)25-18-5-4-15(10-14(18)3)30(22,28)29/h4-13H,1-3H3,(H2,22,28,29)(H,24,25,26). The highest BCUT2D eigenvalue weighted by Crippen LogP contribution is 2.31. The maximum atomic E-state index is 11.5. The van der Waals surface area contributed by atoms with E-state index in [2.05, 4.69) is 44.9 Å². The van der Waals surface area contributed by atoms with Gasteiger partial charge in [-0.25, -0.2) is 23.5 Å². The highest BCUT2D eigenvalue weighted by Gasteiger charge is 2.15. The van der Waals surface area contributed by atoms with Crippen LogP contribution in [0.3, 0.4) is 0 Å². The Morgan fingerprint density at radius 2 is 1.93 bits per heavy atom. The van der Waals surface area contributed by atoms with E-state index in [1.54, 1.807) is 25.4 Å². The normalized spacial score (nSPS) is 11.9. The highest BCUT2D eigenvalue weighted by molar-refractivity contribution is 7.89. The quantitative estimate of drug-likeness (QED) is 0.506. The van der Waals surface area contributed by atoms with Crippen LogP contribution in [0.25, 0.3) is 22.2 Å². The molecule has 154 valence electrons. The summed E-state index contributed by atoms with van der Waals surface area (Å²) in [5, 5.41) is 9.43. The summed E-state index contributed by atoms with van der Waals surface area (Å²) in [6.45, 7) is 6.04. The maximum absolute atomic E-state index is 11.5. The summed E-state index contributed by atoms with van der Waals surface area (Å²) in [5.41, 5.74) is 4.24. The van der Waals surface area contributed by atoms with Gasteiger partial charge in [-0.3, -0.25) is 4.98 Å². The van der Waals surface area contributed by atoms with Gasteiger partial charge in [-0.05, 0) is 56.7 Å². The van der Waals surface area contributed by atoms with Gasteiger partial charge in [0.1, 0.15) is 0 Å². The molecule has 0 radical (unpaired) electrons. The predicted octanol–water partition coefficient (Wildman–Crippen LogP) is 3.77. The SMILES string of the molecule is Cc1cc(S(N)(=O)=O)ccc1Nc1nccc(-c2cn(C(C)C)c3cnccc23)n1. The number of nitrogens with one attached hydrogen (secondary N) is 1. The molecule has 0 unspecified atom stereocenters. The van der Waals surface area contributed by atoms with Crippen LogP contribution in [0.15, 0.2) is 60.0 Å². The van der Waals surface area contributed by atoms with Crippen LogP contribution in [0.2, 0.25) is 0 Å². The van der Waals surface area contributed by atoms with Crippen molar-refractivity contribution < 1.29 is 8.42 Å². The van der Waals surface area contributed by atoms with Gasteiger partial charge in [0.25, 0.3) is 0 Å². The molecular weight excluding hydrogens is 400 g/mol. The van der Waals surface area contributed by atoms with Gasteiger partial charge < -0.3 is 9.88 Å². The summed E-state index contributed by atoms with van der Waals surface area (Å²) >= 11 is 0. The lowest BCUT2D eigenvalue weighted by Gasteiger charge is -2.10. The van der Waals surface area contributed by atoms with E-state index in [1.807, 2.05) is 18.3 Å². The summed E-state index contributed by atoms with van der Waals surface area (Å²) < 4.78 is 25.2. The molecule has 3 N–H and O–H groups in total.